The molecule has 184 valence electrons. The fourth-order valence-electron chi connectivity index (χ4n) is 4.31. The van der Waals surface area contributed by atoms with E-state index in [1.54, 1.807) is 16.4 Å². The van der Waals surface area contributed by atoms with Gasteiger partial charge in [0.15, 0.2) is 5.16 Å². The van der Waals surface area contributed by atoms with Crippen LogP contribution in [0.15, 0.2) is 64.5 Å². The zero-order chi connectivity index (χ0) is 25.2. The van der Waals surface area contributed by atoms with Crippen molar-refractivity contribution < 1.29 is 9.59 Å². The lowest BCUT2D eigenvalue weighted by atomic mass is 10.1. The van der Waals surface area contributed by atoms with E-state index in [1.165, 1.54) is 23.1 Å². The molecular formula is C27H26N4O3S2. The van der Waals surface area contributed by atoms with Gasteiger partial charge in [-0.25, -0.2) is 4.98 Å². The topological polar surface area (TPSA) is 84.3 Å². The molecule has 5 rings (SSSR count). The molecule has 0 radical (unpaired) electrons. The van der Waals surface area contributed by atoms with E-state index < -0.39 is 0 Å². The lowest BCUT2D eigenvalue weighted by molar-refractivity contribution is -0.129. The first-order valence-corrected chi connectivity index (χ1v) is 13.5. The molecular weight excluding hydrogens is 492 g/mol. The Morgan fingerprint density at radius 3 is 2.58 bits per heavy atom. The minimum atomic E-state index is -0.160. The standard InChI is InChI=1S/C27H26N4O3S2/c1-17-8-10-20(11-9-17)28-23(33)16-35-27-29-25-24(21-12-13-30(18(2)32)15-22(21)36-25)26(34)31(27)14-19-6-4-3-5-7-19/h3-11H,12-16H2,1-2H3,(H,28,33). The number of amides is 2. The van der Waals surface area contributed by atoms with Crippen molar-refractivity contribution in [3.63, 3.8) is 0 Å². The number of thiophene rings is 1. The minimum Gasteiger partial charge on any atom is -0.337 e. The van der Waals surface area contributed by atoms with Gasteiger partial charge >= 0.3 is 0 Å². The van der Waals surface area contributed by atoms with Gasteiger partial charge in [0.25, 0.3) is 5.56 Å². The molecule has 1 N–H and O–H groups in total. The van der Waals surface area contributed by atoms with Crippen LogP contribution < -0.4 is 10.9 Å². The van der Waals surface area contributed by atoms with Crippen LogP contribution in [0, 0.1) is 6.92 Å². The van der Waals surface area contributed by atoms with E-state index in [0.717, 1.165) is 27.3 Å². The molecule has 9 heteroatoms. The average Bonchev–Trinajstić information content (AvgIpc) is 3.24. The molecule has 0 fully saturated rings. The Morgan fingerprint density at radius 2 is 1.86 bits per heavy atom. The molecule has 2 amide bonds. The number of aryl methyl sites for hydroxylation is 1. The molecule has 3 heterocycles. The Balaban J connectivity index is 1.48. The first-order valence-electron chi connectivity index (χ1n) is 11.7. The highest BCUT2D eigenvalue weighted by Gasteiger charge is 2.26. The molecule has 1 aliphatic rings. The summed E-state index contributed by atoms with van der Waals surface area (Å²) in [5.41, 5.74) is 3.74. The Labute approximate surface area is 217 Å². The van der Waals surface area contributed by atoms with Crippen LogP contribution in [0.1, 0.15) is 28.5 Å². The number of fused-ring (bicyclic) bond motifs is 3. The van der Waals surface area contributed by atoms with E-state index in [2.05, 4.69) is 5.32 Å². The maximum atomic E-state index is 13.8. The Kier molecular flexibility index (Phi) is 6.93. The molecule has 0 unspecified atom stereocenters. The number of hydrogen-bond donors (Lipinski definition) is 1. The third-order valence-electron chi connectivity index (χ3n) is 6.22. The number of aromatic nitrogens is 2. The number of hydrogen-bond acceptors (Lipinski definition) is 6. The number of nitrogens with one attached hydrogen (secondary N) is 1. The van der Waals surface area contributed by atoms with E-state index in [4.69, 9.17) is 4.98 Å². The summed E-state index contributed by atoms with van der Waals surface area (Å²) in [7, 11) is 0. The second-order valence-corrected chi connectivity index (χ2v) is 10.9. The summed E-state index contributed by atoms with van der Waals surface area (Å²) in [6, 6.07) is 17.4. The van der Waals surface area contributed by atoms with Crippen LogP contribution in [0.5, 0.6) is 0 Å². The van der Waals surface area contributed by atoms with Crippen LogP contribution in [0.4, 0.5) is 5.69 Å². The fraction of sp³-hybridized carbons (Fsp3) is 0.259. The SMILES string of the molecule is CC(=O)N1CCc2c(sc3nc(SCC(=O)Nc4ccc(C)cc4)n(Cc4ccccc4)c(=O)c23)C1. The maximum Gasteiger partial charge on any atom is 0.263 e. The molecule has 0 saturated carbocycles. The molecule has 1 aliphatic heterocycles. The lowest BCUT2D eigenvalue weighted by Crippen LogP contribution is -2.34. The van der Waals surface area contributed by atoms with Gasteiger partial charge in [0.1, 0.15) is 4.83 Å². The normalized spacial score (nSPS) is 13.0. The smallest absolute Gasteiger partial charge is 0.263 e. The van der Waals surface area contributed by atoms with Gasteiger partial charge in [-0.1, -0.05) is 59.8 Å². The van der Waals surface area contributed by atoms with Crippen molar-refractivity contribution in [2.24, 2.45) is 0 Å². The molecule has 7 nitrogen and oxygen atoms in total. The van der Waals surface area contributed by atoms with Crippen molar-refractivity contribution in [2.75, 3.05) is 17.6 Å². The van der Waals surface area contributed by atoms with Crippen LogP contribution in [0.2, 0.25) is 0 Å². The number of carbonyl (C=O) groups excluding carboxylic acids is 2. The predicted molar refractivity (Wildman–Crippen MR) is 145 cm³/mol. The van der Waals surface area contributed by atoms with Crippen molar-refractivity contribution >= 4 is 50.8 Å². The number of carbonyl (C=O) groups is 2. The number of anilines is 1. The maximum absolute atomic E-state index is 13.8. The Bertz CT molecular complexity index is 1490. The second kappa shape index (κ2) is 10.3. The highest BCUT2D eigenvalue weighted by atomic mass is 32.2. The molecule has 2 aromatic carbocycles. The minimum absolute atomic E-state index is 0.0309. The molecule has 4 aromatic rings. The highest BCUT2D eigenvalue weighted by Crippen LogP contribution is 2.34. The monoisotopic (exact) mass is 518 g/mol. The van der Waals surface area contributed by atoms with E-state index in [1.807, 2.05) is 61.5 Å². The molecule has 2 aromatic heterocycles. The molecule has 36 heavy (non-hydrogen) atoms. The summed E-state index contributed by atoms with van der Waals surface area (Å²) in [5, 5.41) is 4.06. The molecule has 0 spiro atoms. The van der Waals surface area contributed by atoms with Crippen LogP contribution in [0.3, 0.4) is 0 Å². The van der Waals surface area contributed by atoms with Crippen molar-refractivity contribution in [1.29, 1.82) is 0 Å². The fourth-order valence-corrected chi connectivity index (χ4v) is 6.38. The summed E-state index contributed by atoms with van der Waals surface area (Å²) in [5.74, 6) is -0.000453. The van der Waals surface area contributed by atoms with Gasteiger partial charge in [-0.3, -0.25) is 19.0 Å². The van der Waals surface area contributed by atoms with Gasteiger partial charge in [-0.2, -0.15) is 0 Å². The predicted octanol–water partition coefficient (Wildman–Crippen LogP) is 4.45. The zero-order valence-corrected chi connectivity index (χ0v) is 21.7. The highest BCUT2D eigenvalue weighted by molar-refractivity contribution is 7.99. The van der Waals surface area contributed by atoms with Crippen molar-refractivity contribution in [1.82, 2.24) is 14.5 Å². The van der Waals surface area contributed by atoms with Crippen LogP contribution in [-0.2, 0) is 29.1 Å². The van der Waals surface area contributed by atoms with Crippen molar-refractivity contribution in [2.45, 2.75) is 38.5 Å². The summed E-state index contributed by atoms with van der Waals surface area (Å²) in [6.07, 6.45) is 0.641. The first-order chi connectivity index (χ1) is 17.4. The second-order valence-electron chi connectivity index (χ2n) is 8.85. The third-order valence-corrected chi connectivity index (χ3v) is 8.31. The van der Waals surface area contributed by atoms with Crippen molar-refractivity contribution in [3.05, 3.63) is 86.5 Å². The zero-order valence-electron chi connectivity index (χ0n) is 20.1. The van der Waals surface area contributed by atoms with Crippen LogP contribution >= 0.6 is 23.1 Å². The molecule has 0 bridgehead atoms. The van der Waals surface area contributed by atoms with Crippen LogP contribution in [0.25, 0.3) is 10.2 Å². The number of thioether (sulfide) groups is 1. The largest absolute Gasteiger partial charge is 0.337 e. The molecule has 0 aliphatic carbocycles. The van der Waals surface area contributed by atoms with Gasteiger partial charge in [-0.15, -0.1) is 11.3 Å². The van der Waals surface area contributed by atoms with E-state index in [-0.39, 0.29) is 23.1 Å². The number of benzene rings is 2. The van der Waals surface area contributed by atoms with E-state index >= 15 is 0 Å². The van der Waals surface area contributed by atoms with Gasteiger partial charge in [0.2, 0.25) is 11.8 Å². The first kappa shape index (κ1) is 24.3. The summed E-state index contributed by atoms with van der Waals surface area (Å²) < 4.78 is 1.67. The van der Waals surface area contributed by atoms with Gasteiger partial charge in [-0.05, 0) is 36.6 Å². The van der Waals surface area contributed by atoms with Crippen molar-refractivity contribution in [3.8, 4) is 0 Å². The van der Waals surface area contributed by atoms with Crippen LogP contribution in [-0.4, -0.2) is 38.6 Å². The van der Waals surface area contributed by atoms with Gasteiger partial charge < -0.3 is 10.2 Å². The van der Waals surface area contributed by atoms with E-state index in [9.17, 15) is 14.4 Å². The summed E-state index contributed by atoms with van der Waals surface area (Å²) in [6.45, 7) is 5.04. The molecule has 0 atom stereocenters. The third kappa shape index (κ3) is 5.08. The average molecular weight is 519 g/mol. The summed E-state index contributed by atoms with van der Waals surface area (Å²) >= 11 is 2.73. The Hall–Kier alpha value is -3.43. The number of rotatable bonds is 6. The van der Waals surface area contributed by atoms with E-state index in [0.29, 0.717) is 41.4 Å². The quantitative estimate of drug-likeness (QED) is 0.301. The summed E-state index contributed by atoms with van der Waals surface area (Å²) in [4.78, 5) is 46.7. The Morgan fingerprint density at radius 1 is 1.11 bits per heavy atom. The number of nitrogens with zero attached hydrogens (tertiary/aromatic N) is 3. The van der Waals surface area contributed by atoms with Gasteiger partial charge in [0, 0.05) is 24.0 Å². The van der Waals surface area contributed by atoms with Gasteiger partial charge in [0.05, 0.1) is 24.2 Å². The lowest BCUT2D eigenvalue weighted by Gasteiger charge is -2.25. The molecule has 0 saturated heterocycles.